The highest BCUT2D eigenvalue weighted by Crippen LogP contribution is 2.06. The Morgan fingerprint density at radius 3 is 2.58 bits per heavy atom. The van der Waals surface area contributed by atoms with Gasteiger partial charge < -0.3 is 20.7 Å². The van der Waals surface area contributed by atoms with Crippen LogP contribution in [0.5, 0.6) is 0 Å². The standard InChI is InChI=1S/C15H28N6O2.HI/c1-5-16-13(19-11-12-7-10-20-21-12)17-8-6-9-18-14(22)23-15(2,3)4;/h7,10H,5-6,8-9,11H2,1-4H3,(H,18,22)(H,20,21)(H2,16,17,19);1H. The minimum absolute atomic E-state index is 0. The van der Waals surface area contributed by atoms with Crippen LogP contribution in [-0.2, 0) is 11.3 Å². The summed E-state index contributed by atoms with van der Waals surface area (Å²) < 4.78 is 5.17. The zero-order valence-electron chi connectivity index (χ0n) is 14.8. The molecule has 0 aromatic carbocycles. The third-order valence-electron chi connectivity index (χ3n) is 2.62. The van der Waals surface area contributed by atoms with Crippen LogP contribution in [0, 0.1) is 0 Å². The Bertz CT molecular complexity index is 485. The Hall–Kier alpha value is -1.52. The lowest BCUT2D eigenvalue weighted by molar-refractivity contribution is 0.0527. The first-order valence-corrected chi connectivity index (χ1v) is 7.88. The van der Waals surface area contributed by atoms with Crippen LogP contribution in [0.15, 0.2) is 17.3 Å². The molecule has 9 heteroatoms. The molecule has 0 aliphatic heterocycles. The minimum Gasteiger partial charge on any atom is -0.444 e. The minimum atomic E-state index is -0.472. The molecule has 1 aromatic rings. The van der Waals surface area contributed by atoms with Gasteiger partial charge in [0.25, 0.3) is 0 Å². The van der Waals surface area contributed by atoms with E-state index in [2.05, 4.69) is 31.1 Å². The van der Waals surface area contributed by atoms with Crippen molar-refractivity contribution >= 4 is 36.0 Å². The van der Waals surface area contributed by atoms with Crippen LogP contribution in [0.3, 0.4) is 0 Å². The number of hydrogen-bond acceptors (Lipinski definition) is 4. The molecule has 1 amide bonds. The van der Waals surface area contributed by atoms with Crippen molar-refractivity contribution in [3.63, 3.8) is 0 Å². The number of nitrogens with one attached hydrogen (secondary N) is 4. The average Bonchev–Trinajstić information content (AvgIpc) is 2.95. The zero-order valence-corrected chi connectivity index (χ0v) is 17.1. The van der Waals surface area contributed by atoms with Gasteiger partial charge in [0.05, 0.1) is 12.2 Å². The summed E-state index contributed by atoms with van der Waals surface area (Å²) in [7, 11) is 0. The normalized spacial score (nSPS) is 11.4. The molecule has 4 N–H and O–H groups in total. The Morgan fingerprint density at radius 2 is 2.00 bits per heavy atom. The number of carbonyl (C=O) groups excluding carboxylic acids is 1. The number of hydrogen-bond donors (Lipinski definition) is 4. The average molecular weight is 452 g/mol. The van der Waals surface area contributed by atoms with Gasteiger partial charge in [-0.05, 0) is 40.2 Å². The molecule has 0 aliphatic rings. The molecule has 0 saturated carbocycles. The Balaban J connectivity index is 0.00000529. The lowest BCUT2D eigenvalue weighted by Crippen LogP contribution is -2.39. The number of guanidine groups is 1. The molecule has 0 atom stereocenters. The molecule has 1 heterocycles. The molecule has 0 saturated heterocycles. The Kier molecular flexibility index (Phi) is 11.2. The fourth-order valence-electron chi connectivity index (χ4n) is 1.68. The van der Waals surface area contributed by atoms with E-state index in [0.29, 0.717) is 19.6 Å². The highest BCUT2D eigenvalue weighted by atomic mass is 127. The van der Waals surface area contributed by atoms with Crippen molar-refractivity contribution in [1.29, 1.82) is 0 Å². The van der Waals surface area contributed by atoms with Crippen molar-refractivity contribution in [3.05, 3.63) is 18.0 Å². The first-order chi connectivity index (χ1) is 10.9. The van der Waals surface area contributed by atoms with Crippen LogP contribution in [0.1, 0.15) is 39.8 Å². The van der Waals surface area contributed by atoms with E-state index in [1.807, 2.05) is 33.8 Å². The maximum absolute atomic E-state index is 11.5. The third-order valence-corrected chi connectivity index (χ3v) is 2.62. The number of H-pyrrole nitrogens is 1. The van der Waals surface area contributed by atoms with E-state index < -0.39 is 11.7 Å². The number of amides is 1. The summed E-state index contributed by atoms with van der Waals surface area (Å²) in [6, 6.07) is 1.89. The molecule has 0 radical (unpaired) electrons. The summed E-state index contributed by atoms with van der Waals surface area (Å²) >= 11 is 0. The quantitative estimate of drug-likeness (QED) is 0.219. The fraction of sp³-hybridized carbons (Fsp3) is 0.667. The van der Waals surface area contributed by atoms with Crippen molar-refractivity contribution in [1.82, 2.24) is 26.1 Å². The monoisotopic (exact) mass is 452 g/mol. The predicted octanol–water partition coefficient (Wildman–Crippen LogP) is 2.00. The van der Waals surface area contributed by atoms with Gasteiger partial charge in [-0.25, -0.2) is 9.79 Å². The highest BCUT2D eigenvalue weighted by Gasteiger charge is 2.15. The van der Waals surface area contributed by atoms with Crippen molar-refractivity contribution < 1.29 is 9.53 Å². The van der Waals surface area contributed by atoms with Gasteiger partial charge in [0.1, 0.15) is 5.60 Å². The second kappa shape index (κ2) is 11.9. The van der Waals surface area contributed by atoms with Gasteiger partial charge in [0, 0.05) is 25.8 Å². The summed E-state index contributed by atoms with van der Waals surface area (Å²) in [6.07, 6.45) is 2.08. The van der Waals surface area contributed by atoms with Gasteiger partial charge in [0.15, 0.2) is 5.96 Å². The molecule has 8 nitrogen and oxygen atoms in total. The number of aromatic nitrogens is 2. The van der Waals surface area contributed by atoms with Crippen molar-refractivity contribution in [3.8, 4) is 0 Å². The van der Waals surface area contributed by atoms with Crippen molar-refractivity contribution in [2.45, 2.75) is 46.3 Å². The maximum atomic E-state index is 11.5. The van der Waals surface area contributed by atoms with Crippen molar-refractivity contribution in [2.24, 2.45) is 4.99 Å². The van der Waals surface area contributed by atoms with E-state index in [4.69, 9.17) is 4.74 Å². The van der Waals surface area contributed by atoms with E-state index in [1.54, 1.807) is 6.20 Å². The van der Waals surface area contributed by atoms with E-state index >= 15 is 0 Å². The summed E-state index contributed by atoms with van der Waals surface area (Å²) in [4.78, 5) is 15.9. The molecule has 1 aromatic heterocycles. The van der Waals surface area contributed by atoms with Crippen LogP contribution >= 0.6 is 24.0 Å². The number of aromatic amines is 1. The summed E-state index contributed by atoms with van der Waals surface area (Å²) in [5.74, 6) is 0.736. The molecule has 0 unspecified atom stereocenters. The molecule has 138 valence electrons. The molecule has 24 heavy (non-hydrogen) atoms. The van der Waals surface area contributed by atoms with Gasteiger partial charge in [-0.3, -0.25) is 5.10 Å². The Morgan fingerprint density at radius 1 is 1.29 bits per heavy atom. The number of carbonyl (C=O) groups is 1. The van der Waals surface area contributed by atoms with E-state index in [-0.39, 0.29) is 24.0 Å². The molecule has 0 aliphatic carbocycles. The van der Waals surface area contributed by atoms with Crippen LogP contribution in [-0.4, -0.2) is 47.5 Å². The van der Waals surface area contributed by atoms with E-state index in [0.717, 1.165) is 24.6 Å². The number of nitrogens with zero attached hydrogens (tertiary/aromatic N) is 2. The van der Waals surface area contributed by atoms with Crippen LogP contribution < -0.4 is 16.0 Å². The molecular formula is C15H29IN6O2. The molecule has 1 rings (SSSR count). The van der Waals surface area contributed by atoms with Gasteiger partial charge in [-0.15, -0.1) is 24.0 Å². The largest absolute Gasteiger partial charge is 0.444 e. The Labute approximate surface area is 160 Å². The van der Waals surface area contributed by atoms with Gasteiger partial charge in [-0.2, -0.15) is 5.10 Å². The second-order valence-electron chi connectivity index (χ2n) is 5.99. The van der Waals surface area contributed by atoms with Gasteiger partial charge >= 0.3 is 6.09 Å². The number of alkyl carbamates (subject to hydrolysis) is 1. The second-order valence-corrected chi connectivity index (χ2v) is 5.99. The first kappa shape index (κ1) is 22.5. The SMILES string of the molecule is CCNC(=NCc1ccn[nH]1)NCCCNC(=O)OC(C)(C)C.I. The van der Waals surface area contributed by atoms with Crippen LogP contribution in [0.25, 0.3) is 0 Å². The van der Waals surface area contributed by atoms with Crippen LogP contribution in [0.4, 0.5) is 4.79 Å². The summed E-state index contributed by atoms with van der Waals surface area (Å²) in [5.41, 5.74) is 0.480. The number of aliphatic imine (C=N–C) groups is 1. The molecule has 0 bridgehead atoms. The smallest absolute Gasteiger partial charge is 0.407 e. The number of rotatable bonds is 7. The lowest BCUT2D eigenvalue weighted by atomic mass is 10.2. The fourth-order valence-corrected chi connectivity index (χ4v) is 1.68. The molecule has 0 fully saturated rings. The van der Waals surface area contributed by atoms with E-state index in [1.165, 1.54) is 0 Å². The predicted molar refractivity (Wildman–Crippen MR) is 106 cm³/mol. The summed E-state index contributed by atoms with van der Waals surface area (Å²) in [6.45, 7) is 10.1. The first-order valence-electron chi connectivity index (χ1n) is 7.88. The third kappa shape index (κ3) is 11.1. The molecular weight excluding hydrogens is 423 g/mol. The van der Waals surface area contributed by atoms with E-state index in [9.17, 15) is 4.79 Å². The van der Waals surface area contributed by atoms with Crippen molar-refractivity contribution in [2.75, 3.05) is 19.6 Å². The zero-order chi connectivity index (χ0) is 17.1. The highest BCUT2D eigenvalue weighted by molar-refractivity contribution is 14.0. The maximum Gasteiger partial charge on any atom is 0.407 e. The van der Waals surface area contributed by atoms with Crippen LogP contribution in [0.2, 0.25) is 0 Å². The topological polar surface area (TPSA) is 103 Å². The number of ether oxygens (including phenoxy) is 1. The molecule has 0 spiro atoms. The summed E-state index contributed by atoms with van der Waals surface area (Å²) in [5, 5.41) is 15.9. The van der Waals surface area contributed by atoms with Gasteiger partial charge in [0.2, 0.25) is 0 Å². The van der Waals surface area contributed by atoms with Gasteiger partial charge in [-0.1, -0.05) is 0 Å². The lowest BCUT2D eigenvalue weighted by Gasteiger charge is -2.19. The number of halogens is 1.